The standard InChI is InChI=1S/C44H90N4O4/c1-3-5-7-9-11-13-15-17-19-21-23-25-27-29-31-33-35-45-43(49)47-37-39-51-41-42-52-40-38-48-44(50)46-36-34-32-30-28-26-24-22-20-18-16-14-12-10-8-6-4-2/h3-42H2,1-2H3,(H2,45,47,49)(H2,46,48,50). The average Bonchev–Trinajstić information content (AvgIpc) is 3.14. The number of amides is 4. The van der Waals surface area contributed by atoms with Gasteiger partial charge in [0, 0.05) is 26.2 Å². The van der Waals surface area contributed by atoms with Crippen LogP contribution in [0.4, 0.5) is 9.59 Å². The summed E-state index contributed by atoms with van der Waals surface area (Å²) >= 11 is 0. The number of carbonyl (C=O) groups excluding carboxylic acids is 2. The number of hydrogen-bond donors (Lipinski definition) is 4. The molecule has 0 aliphatic rings. The summed E-state index contributed by atoms with van der Waals surface area (Å²) in [6.45, 7) is 8.81. The number of carbonyl (C=O) groups is 2. The summed E-state index contributed by atoms with van der Waals surface area (Å²) < 4.78 is 11.1. The lowest BCUT2D eigenvalue weighted by atomic mass is 10.0. The molecule has 8 heteroatoms. The van der Waals surface area contributed by atoms with Crippen LogP contribution in [0.2, 0.25) is 0 Å². The van der Waals surface area contributed by atoms with E-state index in [0.717, 1.165) is 25.9 Å². The largest absolute Gasteiger partial charge is 0.377 e. The molecule has 0 rings (SSSR count). The van der Waals surface area contributed by atoms with Gasteiger partial charge < -0.3 is 30.7 Å². The third-order valence-electron chi connectivity index (χ3n) is 10.1. The van der Waals surface area contributed by atoms with Gasteiger partial charge in [0.05, 0.1) is 26.4 Å². The Balaban J connectivity index is 3.22. The van der Waals surface area contributed by atoms with E-state index in [1.807, 2.05) is 0 Å². The molecule has 0 heterocycles. The second kappa shape index (κ2) is 45.6. The smallest absolute Gasteiger partial charge is 0.314 e. The van der Waals surface area contributed by atoms with Crippen molar-refractivity contribution in [1.29, 1.82) is 0 Å². The maximum atomic E-state index is 11.9. The van der Waals surface area contributed by atoms with Crippen LogP contribution in [-0.2, 0) is 9.47 Å². The van der Waals surface area contributed by atoms with Crippen molar-refractivity contribution in [2.24, 2.45) is 0 Å². The molecule has 4 N–H and O–H groups in total. The number of hydrogen-bond acceptors (Lipinski definition) is 4. The van der Waals surface area contributed by atoms with Gasteiger partial charge >= 0.3 is 12.1 Å². The first-order valence-corrected chi connectivity index (χ1v) is 22.9. The normalized spacial score (nSPS) is 11.2. The van der Waals surface area contributed by atoms with Gasteiger partial charge in [0.1, 0.15) is 0 Å². The fourth-order valence-corrected chi connectivity index (χ4v) is 6.67. The van der Waals surface area contributed by atoms with E-state index in [-0.39, 0.29) is 12.1 Å². The van der Waals surface area contributed by atoms with Gasteiger partial charge in [-0.2, -0.15) is 0 Å². The SMILES string of the molecule is CCCCCCCCCCCCCCCCCCNC(=O)NCCOCCOCCNC(=O)NCCCCCCCCCCCCCCCCCC. The highest BCUT2D eigenvalue weighted by Crippen LogP contribution is 2.15. The van der Waals surface area contributed by atoms with Gasteiger partial charge in [-0.1, -0.05) is 206 Å². The molecule has 0 saturated carbocycles. The first-order valence-electron chi connectivity index (χ1n) is 22.9. The summed E-state index contributed by atoms with van der Waals surface area (Å²) in [7, 11) is 0. The van der Waals surface area contributed by atoms with E-state index < -0.39 is 0 Å². The van der Waals surface area contributed by atoms with E-state index in [9.17, 15) is 9.59 Å². The highest BCUT2D eigenvalue weighted by Gasteiger charge is 2.01. The predicted octanol–water partition coefficient (Wildman–Crippen LogP) is 12.1. The van der Waals surface area contributed by atoms with Crippen LogP contribution in [0, 0.1) is 0 Å². The van der Waals surface area contributed by atoms with Crippen LogP contribution in [0.3, 0.4) is 0 Å². The highest BCUT2D eigenvalue weighted by atomic mass is 16.5. The molecule has 0 spiro atoms. The molecular weight excluding hydrogens is 649 g/mol. The van der Waals surface area contributed by atoms with Gasteiger partial charge in [-0.15, -0.1) is 0 Å². The molecule has 8 nitrogen and oxygen atoms in total. The Morgan fingerprint density at radius 1 is 0.288 bits per heavy atom. The van der Waals surface area contributed by atoms with Crippen molar-refractivity contribution >= 4 is 12.1 Å². The fraction of sp³-hybridized carbons (Fsp3) is 0.955. The quantitative estimate of drug-likeness (QED) is 0.0468. The van der Waals surface area contributed by atoms with Crippen LogP contribution in [0.5, 0.6) is 0 Å². The average molecular weight is 739 g/mol. The molecule has 52 heavy (non-hydrogen) atoms. The molecule has 310 valence electrons. The zero-order valence-corrected chi connectivity index (χ0v) is 34.9. The molecule has 0 bridgehead atoms. The van der Waals surface area contributed by atoms with Gasteiger partial charge in [-0.3, -0.25) is 0 Å². The van der Waals surface area contributed by atoms with Crippen LogP contribution in [0.25, 0.3) is 0 Å². The minimum Gasteiger partial charge on any atom is -0.377 e. The lowest BCUT2D eigenvalue weighted by Gasteiger charge is -2.09. The van der Waals surface area contributed by atoms with Crippen molar-refractivity contribution in [3.8, 4) is 0 Å². The second-order valence-corrected chi connectivity index (χ2v) is 15.2. The monoisotopic (exact) mass is 739 g/mol. The summed E-state index contributed by atoms with van der Waals surface area (Å²) in [4.78, 5) is 23.9. The number of rotatable bonds is 43. The number of urea groups is 2. The van der Waals surface area contributed by atoms with Crippen molar-refractivity contribution in [3.05, 3.63) is 0 Å². The van der Waals surface area contributed by atoms with E-state index >= 15 is 0 Å². The van der Waals surface area contributed by atoms with Crippen LogP contribution in [0.15, 0.2) is 0 Å². The van der Waals surface area contributed by atoms with Gasteiger partial charge in [0.25, 0.3) is 0 Å². The molecule has 0 aliphatic carbocycles. The van der Waals surface area contributed by atoms with Gasteiger partial charge in [0.15, 0.2) is 0 Å². The van der Waals surface area contributed by atoms with Crippen LogP contribution in [0.1, 0.15) is 219 Å². The first kappa shape index (κ1) is 50.5. The zero-order chi connectivity index (χ0) is 37.7. The highest BCUT2D eigenvalue weighted by molar-refractivity contribution is 5.74. The number of unbranched alkanes of at least 4 members (excludes halogenated alkanes) is 30. The maximum Gasteiger partial charge on any atom is 0.314 e. The van der Waals surface area contributed by atoms with Gasteiger partial charge in [-0.25, -0.2) is 9.59 Å². The van der Waals surface area contributed by atoms with Crippen molar-refractivity contribution in [1.82, 2.24) is 21.3 Å². The van der Waals surface area contributed by atoms with E-state index in [0.29, 0.717) is 39.5 Å². The maximum absolute atomic E-state index is 11.9. The summed E-state index contributed by atoms with van der Waals surface area (Å²) in [6, 6.07) is -0.250. The summed E-state index contributed by atoms with van der Waals surface area (Å²) in [6.07, 6.45) is 43.3. The first-order chi connectivity index (χ1) is 25.7. The van der Waals surface area contributed by atoms with Crippen molar-refractivity contribution < 1.29 is 19.1 Å². The lowest BCUT2D eigenvalue weighted by molar-refractivity contribution is 0.0510. The summed E-state index contributed by atoms with van der Waals surface area (Å²) in [5.41, 5.74) is 0. The molecule has 0 aromatic carbocycles. The Morgan fingerprint density at radius 2 is 0.500 bits per heavy atom. The predicted molar refractivity (Wildman–Crippen MR) is 224 cm³/mol. The minimum atomic E-state index is -0.125. The molecule has 0 unspecified atom stereocenters. The fourth-order valence-electron chi connectivity index (χ4n) is 6.67. The zero-order valence-electron chi connectivity index (χ0n) is 34.9. The van der Waals surface area contributed by atoms with Gasteiger partial charge in [0.2, 0.25) is 0 Å². The Bertz CT molecular complexity index is 654. The molecular formula is C44H90N4O4. The molecule has 0 aliphatic heterocycles. The molecule has 0 saturated heterocycles. The Hall–Kier alpha value is -1.54. The molecule has 0 atom stereocenters. The molecule has 0 radical (unpaired) electrons. The summed E-state index contributed by atoms with van der Waals surface area (Å²) in [5.74, 6) is 0. The third-order valence-corrected chi connectivity index (χ3v) is 10.1. The number of nitrogens with one attached hydrogen (secondary N) is 4. The van der Waals surface area contributed by atoms with E-state index in [4.69, 9.17) is 9.47 Å². The van der Waals surface area contributed by atoms with Crippen molar-refractivity contribution in [3.63, 3.8) is 0 Å². The summed E-state index contributed by atoms with van der Waals surface area (Å²) in [5, 5.41) is 11.6. The van der Waals surface area contributed by atoms with Crippen LogP contribution >= 0.6 is 0 Å². The second-order valence-electron chi connectivity index (χ2n) is 15.2. The third kappa shape index (κ3) is 44.6. The van der Waals surface area contributed by atoms with Crippen LogP contribution in [-0.4, -0.2) is 64.7 Å². The molecule has 0 aromatic rings. The Morgan fingerprint density at radius 3 is 0.750 bits per heavy atom. The molecule has 4 amide bonds. The van der Waals surface area contributed by atoms with E-state index in [1.165, 1.54) is 193 Å². The molecule has 0 fully saturated rings. The molecule has 0 aromatic heterocycles. The van der Waals surface area contributed by atoms with Crippen molar-refractivity contribution in [2.75, 3.05) is 52.6 Å². The van der Waals surface area contributed by atoms with E-state index in [1.54, 1.807) is 0 Å². The van der Waals surface area contributed by atoms with Crippen molar-refractivity contribution in [2.45, 2.75) is 219 Å². The Kier molecular flexibility index (Phi) is 44.3. The van der Waals surface area contributed by atoms with Crippen LogP contribution < -0.4 is 21.3 Å². The van der Waals surface area contributed by atoms with Gasteiger partial charge in [-0.05, 0) is 12.8 Å². The topological polar surface area (TPSA) is 101 Å². The number of ether oxygens (including phenoxy) is 2. The van der Waals surface area contributed by atoms with E-state index in [2.05, 4.69) is 35.1 Å². The lowest BCUT2D eigenvalue weighted by Crippen LogP contribution is -2.38. The Labute approximate surface area is 323 Å². The minimum absolute atomic E-state index is 0.125.